The molecule has 0 aromatic heterocycles. The largest absolute Gasteiger partial charge is 0.493 e. The average molecular weight is 552 g/mol. The summed E-state index contributed by atoms with van der Waals surface area (Å²) in [4.78, 5) is 40.8. The van der Waals surface area contributed by atoms with Crippen LogP contribution in [0.5, 0.6) is 5.75 Å². The van der Waals surface area contributed by atoms with Gasteiger partial charge in [0, 0.05) is 25.0 Å². The summed E-state index contributed by atoms with van der Waals surface area (Å²) < 4.78 is 17.8. The van der Waals surface area contributed by atoms with Gasteiger partial charge in [-0.25, -0.2) is 0 Å². The molecule has 1 fully saturated rings. The summed E-state index contributed by atoms with van der Waals surface area (Å²) in [6, 6.07) is 13.3. The number of carbonyl (C=O) groups excluding carboxylic acids is 3. The Morgan fingerprint density at radius 2 is 1.68 bits per heavy atom. The molecule has 0 unspecified atom stereocenters. The van der Waals surface area contributed by atoms with Crippen LogP contribution >= 0.6 is 0 Å². The molecule has 0 N–H and O–H groups in total. The van der Waals surface area contributed by atoms with E-state index < -0.39 is 5.41 Å². The average Bonchev–Trinajstić information content (AvgIpc) is 2.90. The van der Waals surface area contributed by atoms with Gasteiger partial charge in [0.05, 0.1) is 37.0 Å². The first kappa shape index (κ1) is 31.5. The number of nitrogens with zero attached hydrogens (tertiary/aromatic N) is 1. The van der Waals surface area contributed by atoms with E-state index >= 15 is 0 Å². The third-order valence-electron chi connectivity index (χ3n) is 8.20. The standard InChI is InChI=1S/C33H45NO6/c1-8-38-28-19-33(20-28,26(7)36)21-31(37)34(17-18-40-25(6)27-13-11-10-12-14-27)23(4)29-15-16-30(24(5)35)32(22(29)3)39-9-2/h10-16,23,25,28H,8-9,17-21H2,1-7H3/t23-,25+,28?,33?/m1/s1. The quantitative estimate of drug-likeness (QED) is 0.237. The predicted octanol–water partition coefficient (Wildman–Crippen LogP) is 6.43. The minimum absolute atomic E-state index is 0.0118. The number of benzene rings is 2. The Bertz CT molecular complexity index is 1170. The lowest BCUT2D eigenvalue weighted by Crippen LogP contribution is -2.51. The zero-order valence-corrected chi connectivity index (χ0v) is 25.1. The molecule has 7 nitrogen and oxygen atoms in total. The summed E-state index contributed by atoms with van der Waals surface area (Å²) in [6.07, 6.45) is 1.14. The van der Waals surface area contributed by atoms with Crippen LogP contribution in [0.15, 0.2) is 42.5 Å². The number of ketones is 2. The van der Waals surface area contributed by atoms with E-state index in [4.69, 9.17) is 14.2 Å². The van der Waals surface area contributed by atoms with E-state index in [1.165, 1.54) is 6.92 Å². The van der Waals surface area contributed by atoms with Crippen LogP contribution in [0.3, 0.4) is 0 Å². The molecule has 1 saturated carbocycles. The lowest BCUT2D eigenvalue weighted by atomic mass is 9.62. The second kappa shape index (κ2) is 14.0. The third kappa shape index (κ3) is 7.18. The fraction of sp³-hybridized carbons (Fsp3) is 0.545. The van der Waals surface area contributed by atoms with Crippen LogP contribution in [0, 0.1) is 12.3 Å². The third-order valence-corrected chi connectivity index (χ3v) is 8.20. The van der Waals surface area contributed by atoms with Gasteiger partial charge in [0.25, 0.3) is 0 Å². The van der Waals surface area contributed by atoms with Crippen LogP contribution in [0.4, 0.5) is 0 Å². The molecule has 218 valence electrons. The highest BCUT2D eigenvalue weighted by molar-refractivity contribution is 5.97. The number of carbonyl (C=O) groups is 3. The molecule has 7 heteroatoms. The van der Waals surface area contributed by atoms with Gasteiger partial charge in [0.2, 0.25) is 5.91 Å². The number of Topliss-reactive ketones (excluding diaryl/α,β-unsaturated/α-hetero) is 2. The summed E-state index contributed by atoms with van der Waals surface area (Å²) in [7, 11) is 0. The van der Waals surface area contributed by atoms with Crippen molar-refractivity contribution in [3.05, 3.63) is 64.7 Å². The maximum absolute atomic E-state index is 14.0. The van der Waals surface area contributed by atoms with Crippen LogP contribution < -0.4 is 4.74 Å². The maximum atomic E-state index is 14.0. The lowest BCUT2D eigenvalue weighted by Gasteiger charge is -2.46. The Morgan fingerprint density at radius 1 is 1.00 bits per heavy atom. The van der Waals surface area contributed by atoms with Gasteiger partial charge in [-0.05, 0) is 84.1 Å². The Hall–Kier alpha value is -3.03. The highest BCUT2D eigenvalue weighted by Gasteiger charge is 2.50. The van der Waals surface area contributed by atoms with E-state index in [2.05, 4.69) is 0 Å². The van der Waals surface area contributed by atoms with Gasteiger partial charge in [0.1, 0.15) is 11.5 Å². The molecule has 0 radical (unpaired) electrons. The van der Waals surface area contributed by atoms with E-state index in [1.807, 2.05) is 75.9 Å². The maximum Gasteiger partial charge on any atom is 0.224 e. The van der Waals surface area contributed by atoms with Crippen molar-refractivity contribution in [2.24, 2.45) is 5.41 Å². The van der Waals surface area contributed by atoms with E-state index in [1.54, 1.807) is 13.0 Å². The van der Waals surface area contributed by atoms with Gasteiger partial charge < -0.3 is 19.1 Å². The normalized spacial score (nSPS) is 19.8. The topological polar surface area (TPSA) is 82.1 Å². The minimum Gasteiger partial charge on any atom is -0.493 e. The smallest absolute Gasteiger partial charge is 0.224 e. The van der Waals surface area contributed by atoms with E-state index in [0.29, 0.717) is 50.5 Å². The van der Waals surface area contributed by atoms with Crippen molar-refractivity contribution in [2.75, 3.05) is 26.4 Å². The molecule has 40 heavy (non-hydrogen) atoms. The van der Waals surface area contributed by atoms with Gasteiger partial charge in [-0.1, -0.05) is 36.4 Å². The molecule has 1 aliphatic carbocycles. The van der Waals surface area contributed by atoms with Crippen molar-refractivity contribution in [3.8, 4) is 5.75 Å². The second-order valence-corrected chi connectivity index (χ2v) is 10.8. The first-order valence-electron chi connectivity index (χ1n) is 14.4. The Balaban J connectivity index is 1.88. The first-order valence-corrected chi connectivity index (χ1v) is 14.4. The van der Waals surface area contributed by atoms with Crippen LogP contribution in [0.2, 0.25) is 0 Å². The van der Waals surface area contributed by atoms with Gasteiger partial charge in [-0.2, -0.15) is 0 Å². The van der Waals surface area contributed by atoms with Crippen molar-refractivity contribution < 1.29 is 28.6 Å². The van der Waals surface area contributed by atoms with Crippen LogP contribution in [-0.4, -0.2) is 54.8 Å². The molecular weight excluding hydrogens is 506 g/mol. The molecular formula is C33H45NO6. The molecule has 0 aliphatic heterocycles. The van der Waals surface area contributed by atoms with E-state index in [9.17, 15) is 14.4 Å². The molecule has 1 amide bonds. The highest BCUT2D eigenvalue weighted by atomic mass is 16.5. The van der Waals surface area contributed by atoms with Crippen molar-refractivity contribution in [1.29, 1.82) is 0 Å². The fourth-order valence-electron chi connectivity index (χ4n) is 5.73. The van der Waals surface area contributed by atoms with Gasteiger partial charge in [-0.3, -0.25) is 14.4 Å². The molecule has 0 saturated heterocycles. The number of hydrogen-bond donors (Lipinski definition) is 0. The number of amides is 1. The van der Waals surface area contributed by atoms with Gasteiger partial charge in [0.15, 0.2) is 5.78 Å². The summed E-state index contributed by atoms with van der Waals surface area (Å²) in [6.45, 7) is 14.5. The first-order chi connectivity index (χ1) is 19.0. The van der Waals surface area contributed by atoms with Gasteiger partial charge in [-0.15, -0.1) is 0 Å². The molecule has 0 heterocycles. The molecule has 0 spiro atoms. The summed E-state index contributed by atoms with van der Waals surface area (Å²) in [5, 5.41) is 0. The van der Waals surface area contributed by atoms with Crippen molar-refractivity contribution in [2.45, 2.75) is 86.0 Å². The van der Waals surface area contributed by atoms with Gasteiger partial charge >= 0.3 is 0 Å². The molecule has 2 atom stereocenters. The molecule has 2 aromatic rings. The van der Waals surface area contributed by atoms with E-state index in [0.717, 1.165) is 16.7 Å². The predicted molar refractivity (Wildman–Crippen MR) is 156 cm³/mol. The number of rotatable bonds is 15. The zero-order valence-electron chi connectivity index (χ0n) is 25.1. The monoisotopic (exact) mass is 551 g/mol. The molecule has 1 aliphatic rings. The summed E-state index contributed by atoms with van der Waals surface area (Å²) in [5.74, 6) is 0.416. The Labute approximate surface area is 239 Å². The molecule has 3 rings (SSSR count). The fourth-order valence-corrected chi connectivity index (χ4v) is 5.73. The molecule has 2 aromatic carbocycles. The van der Waals surface area contributed by atoms with Crippen LogP contribution in [0.25, 0.3) is 0 Å². The second-order valence-electron chi connectivity index (χ2n) is 10.8. The Morgan fingerprint density at radius 3 is 2.25 bits per heavy atom. The van der Waals surface area contributed by atoms with Crippen molar-refractivity contribution >= 4 is 17.5 Å². The number of hydrogen-bond acceptors (Lipinski definition) is 6. The zero-order chi connectivity index (χ0) is 29.4. The van der Waals surface area contributed by atoms with Crippen LogP contribution in [-0.2, 0) is 19.1 Å². The number of ether oxygens (including phenoxy) is 3. The minimum atomic E-state index is -0.697. The lowest BCUT2D eigenvalue weighted by molar-refractivity contribution is -0.155. The highest BCUT2D eigenvalue weighted by Crippen LogP contribution is 2.47. The summed E-state index contributed by atoms with van der Waals surface area (Å²) >= 11 is 0. The van der Waals surface area contributed by atoms with Crippen molar-refractivity contribution in [1.82, 2.24) is 4.90 Å². The van der Waals surface area contributed by atoms with E-state index in [-0.39, 0.29) is 42.1 Å². The Kier molecular flexibility index (Phi) is 11.1. The SMILES string of the molecule is CCOc1c(C(C)=O)ccc([C@@H](C)N(CCO[C@@H](C)c2ccccc2)C(=O)CC2(C(C)=O)CC(OCC)C2)c1C. The van der Waals surface area contributed by atoms with Crippen molar-refractivity contribution in [3.63, 3.8) is 0 Å². The molecule has 0 bridgehead atoms. The summed E-state index contributed by atoms with van der Waals surface area (Å²) in [5.41, 5.74) is 2.63. The van der Waals surface area contributed by atoms with Crippen LogP contribution in [0.1, 0.15) is 100.0 Å².